The number of carbonyl (C=O) groups is 2. The number of hydrogen-bond donors (Lipinski definition) is 0. The van der Waals surface area contributed by atoms with E-state index in [1.54, 1.807) is 0 Å². The van der Waals surface area contributed by atoms with Crippen LogP contribution in [-0.4, -0.2) is 18.4 Å². The SMILES string of the molecule is CCCOC(=O)C(CC(C)CC(C)(C)C)C(=O)c1c(C)cc(C)cc1C.O=[PH2+]. The van der Waals surface area contributed by atoms with Crippen LogP contribution in [0.5, 0.6) is 0 Å². The van der Waals surface area contributed by atoms with Crippen LogP contribution in [-0.2, 0) is 14.1 Å². The van der Waals surface area contributed by atoms with Crippen molar-refractivity contribution in [3.8, 4) is 0 Å². The molecular formula is C23H38O4P+. The summed E-state index contributed by atoms with van der Waals surface area (Å²) in [4.78, 5) is 26.0. The number of aryl methyl sites for hydroxylation is 3. The first-order valence-electron chi connectivity index (χ1n) is 9.98. The number of benzene rings is 1. The highest BCUT2D eigenvalue weighted by Gasteiger charge is 2.33. The van der Waals surface area contributed by atoms with Crippen molar-refractivity contribution in [2.75, 3.05) is 6.61 Å². The zero-order valence-electron chi connectivity index (χ0n) is 18.8. The molecule has 0 heterocycles. The maximum absolute atomic E-state index is 13.3. The fourth-order valence-electron chi connectivity index (χ4n) is 3.89. The molecule has 0 aliphatic heterocycles. The van der Waals surface area contributed by atoms with Crippen LogP contribution >= 0.6 is 9.12 Å². The van der Waals surface area contributed by atoms with Crippen molar-refractivity contribution in [1.29, 1.82) is 0 Å². The highest BCUT2D eigenvalue weighted by atomic mass is 31.0. The molecule has 1 rings (SSSR count). The number of Topliss-reactive ketones (excluding diaryl/α,β-unsaturated/α-hetero) is 1. The van der Waals surface area contributed by atoms with Crippen molar-refractivity contribution in [3.63, 3.8) is 0 Å². The van der Waals surface area contributed by atoms with Gasteiger partial charge in [0.2, 0.25) is 0 Å². The Bertz CT molecular complexity index is 638. The van der Waals surface area contributed by atoms with Crippen LogP contribution in [0.25, 0.3) is 0 Å². The molecule has 0 aromatic heterocycles. The summed E-state index contributed by atoms with van der Waals surface area (Å²) in [5.41, 5.74) is 3.84. The summed E-state index contributed by atoms with van der Waals surface area (Å²) >= 11 is 0. The van der Waals surface area contributed by atoms with E-state index in [4.69, 9.17) is 9.30 Å². The van der Waals surface area contributed by atoms with E-state index in [-0.39, 0.29) is 23.1 Å². The van der Waals surface area contributed by atoms with Crippen LogP contribution in [0, 0.1) is 38.0 Å². The molecular weight excluding hydrogens is 371 g/mol. The Morgan fingerprint density at radius 2 is 1.57 bits per heavy atom. The lowest BCUT2D eigenvalue weighted by Gasteiger charge is -2.26. The molecule has 0 bridgehead atoms. The van der Waals surface area contributed by atoms with Gasteiger partial charge in [0.15, 0.2) is 5.78 Å². The monoisotopic (exact) mass is 409 g/mol. The van der Waals surface area contributed by atoms with E-state index in [1.807, 2.05) is 39.8 Å². The van der Waals surface area contributed by atoms with Crippen LogP contribution in [0.15, 0.2) is 12.1 Å². The van der Waals surface area contributed by atoms with Crippen LogP contribution in [0.3, 0.4) is 0 Å². The van der Waals surface area contributed by atoms with Crippen LogP contribution < -0.4 is 0 Å². The Hall–Kier alpha value is -1.54. The third-order valence-electron chi connectivity index (χ3n) is 4.57. The van der Waals surface area contributed by atoms with Gasteiger partial charge in [-0.05, 0) is 62.5 Å². The van der Waals surface area contributed by atoms with Gasteiger partial charge < -0.3 is 4.74 Å². The van der Waals surface area contributed by atoms with Gasteiger partial charge >= 0.3 is 15.1 Å². The van der Waals surface area contributed by atoms with E-state index >= 15 is 0 Å². The molecule has 0 fully saturated rings. The Kier molecular flexibility index (Phi) is 11.4. The second-order valence-electron chi connectivity index (χ2n) is 8.96. The molecule has 0 saturated carbocycles. The molecule has 5 heteroatoms. The largest absolute Gasteiger partial charge is 0.465 e. The average molecular weight is 410 g/mol. The van der Waals surface area contributed by atoms with Gasteiger partial charge in [0.05, 0.1) is 6.61 Å². The van der Waals surface area contributed by atoms with Gasteiger partial charge in [0.1, 0.15) is 5.92 Å². The van der Waals surface area contributed by atoms with Crippen molar-refractivity contribution in [3.05, 3.63) is 34.4 Å². The number of esters is 1. The maximum Gasteiger partial charge on any atom is 0.316 e. The number of ketones is 1. The predicted molar refractivity (Wildman–Crippen MR) is 118 cm³/mol. The molecule has 0 spiro atoms. The first kappa shape index (κ1) is 26.5. The fraction of sp³-hybridized carbons (Fsp3) is 0.652. The molecule has 3 unspecified atom stereocenters. The van der Waals surface area contributed by atoms with E-state index in [0.29, 0.717) is 18.6 Å². The highest BCUT2D eigenvalue weighted by Crippen LogP contribution is 2.31. The molecule has 1 aromatic carbocycles. The summed E-state index contributed by atoms with van der Waals surface area (Å²) in [6.07, 6.45) is 2.25. The first-order chi connectivity index (χ1) is 13.0. The Morgan fingerprint density at radius 3 is 2.00 bits per heavy atom. The van der Waals surface area contributed by atoms with Crippen molar-refractivity contribution in [2.24, 2.45) is 17.3 Å². The van der Waals surface area contributed by atoms with Crippen molar-refractivity contribution in [1.82, 2.24) is 0 Å². The van der Waals surface area contributed by atoms with E-state index in [0.717, 1.165) is 29.5 Å². The molecule has 3 atom stereocenters. The summed E-state index contributed by atoms with van der Waals surface area (Å²) in [7, 11) is 1.17. The Morgan fingerprint density at radius 1 is 1.07 bits per heavy atom. The molecule has 28 heavy (non-hydrogen) atoms. The zero-order chi connectivity index (χ0) is 22.1. The smallest absolute Gasteiger partial charge is 0.316 e. The molecule has 0 radical (unpaired) electrons. The predicted octanol–water partition coefficient (Wildman–Crippen LogP) is 6.03. The van der Waals surface area contributed by atoms with Gasteiger partial charge in [-0.3, -0.25) is 9.59 Å². The average Bonchev–Trinajstić information content (AvgIpc) is 2.56. The van der Waals surface area contributed by atoms with Gasteiger partial charge in [-0.15, -0.1) is 0 Å². The standard InChI is InChI=1S/C23H36O3.H2OP/c1-9-10-26-22(25)19(13-16(3)14-23(6,7)8)21(24)20-17(4)11-15(2)12-18(20)5;1-2/h11-12,16,19H,9-10,13-14H2,1-8H3;2H2/q;+1. The summed E-state index contributed by atoms with van der Waals surface area (Å²) in [6.45, 7) is 16.9. The molecule has 0 aliphatic carbocycles. The van der Waals surface area contributed by atoms with Crippen molar-refractivity contribution in [2.45, 2.75) is 74.7 Å². The second-order valence-corrected chi connectivity index (χ2v) is 8.96. The third kappa shape index (κ3) is 8.65. The molecule has 4 nitrogen and oxygen atoms in total. The number of hydrogen-bond acceptors (Lipinski definition) is 4. The quantitative estimate of drug-likeness (QED) is 0.227. The summed E-state index contributed by atoms with van der Waals surface area (Å²) in [5, 5.41) is 0. The lowest BCUT2D eigenvalue weighted by Crippen LogP contribution is -2.30. The zero-order valence-corrected chi connectivity index (χ0v) is 20.0. The van der Waals surface area contributed by atoms with Crippen LogP contribution in [0.4, 0.5) is 0 Å². The minimum Gasteiger partial charge on any atom is -0.465 e. The Balaban J connectivity index is 0.00000352. The van der Waals surface area contributed by atoms with E-state index in [2.05, 4.69) is 27.7 Å². The van der Waals surface area contributed by atoms with Crippen molar-refractivity contribution < 1.29 is 18.9 Å². The summed E-state index contributed by atoms with van der Waals surface area (Å²) in [5.74, 6) is -0.929. The Labute approximate surface area is 173 Å². The summed E-state index contributed by atoms with van der Waals surface area (Å²) in [6, 6.07) is 4.01. The topological polar surface area (TPSA) is 60.4 Å². The molecule has 1 aromatic rings. The van der Waals surface area contributed by atoms with Crippen LogP contribution in [0.2, 0.25) is 0 Å². The fourth-order valence-corrected chi connectivity index (χ4v) is 3.89. The number of rotatable bonds is 8. The van der Waals surface area contributed by atoms with E-state index < -0.39 is 5.92 Å². The molecule has 158 valence electrons. The molecule has 0 amide bonds. The van der Waals surface area contributed by atoms with Crippen LogP contribution in [0.1, 0.15) is 80.9 Å². The normalized spacial score (nSPS) is 13.1. The number of carbonyl (C=O) groups excluding carboxylic acids is 2. The summed E-state index contributed by atoms with van der Waals surface area (Å²) < 4.78 is 13.5. The first-order valence-corrected chi connectivity index (χ1v) is 10.5. The lowest BCUT2D eigenvalue weighted by atomic mass is 9.79. The highest BCUT2D eigenvalue weighted by molar-refractivity contribution is 7.00. The number of ether oxygens (including phenoxy) is 1. The van der Waals surface area contributed by atoms with Crippen molar-refractivity contribution >= 4 is 20.9 Å². The molecule has 0 aliphatic rings. The second kappa shape index (κ2) is 12.1. The van der Waals surface area contributed by atoms with Gasteiger partial charge in [0, 0.05) is 5.56 Å². The third-order valence-corrected chi connectivity index (χ3v) is 4.57. The van der Waals surface area contributed by atoms with Gasteiger partial charge in [-0.25, -0.2) is 0 Å². The lowest BCUT2D eigenvalue weighted by molar-refractivity contribution is -0.147. The van der Waals surface area contributed by atoms with Gasteiger partial charge in [0.25, 0.3) is 0 Å². The minimum atomic E-state index is -0.723. The molecule has 0 N–H and O–H groups in total. The van der Waals surface area contributed by atoms with Gasteiger partial charge in [-0.1, -0.05) is 56.9 Å². The van der Waals surface area contributed by atoms with Gasteiger partial charge in [-0.2, -0.15) is 0 Å². The minimum absolute atomic E-state index is 0.0955. The molecule has 0 saturated heterocycles. The van der Waals surface area contributed by atoms with E-state index in [9.17, 15) is 9.59 Å². The van der Waals surface area contributed by atoms with E-state index in [1.165, 1.54) is 9.12 Å². The maximum atomic E-state index is 13.3.